The van der Waals surface area contributed by atoms with Crippen LogP contribution in [0.25, 0.3) is 0 Å². The maximum absolute atomic E-state index is 12.3. The van der Waals surface area contributed by atoms with Gasteiger partial charge in [-0.25, -0.2) is 0 Å². The van der Waals surface area contributed by atoms with Crippen molar-refractivity contribution in [3.05, 3.63) is 35.9 Å². The molecule has 1 aromatic carbocycles. The lowest BCUT2D eigenvalue weighted by Gasteiger charge is -2.31. The van der Waals surface area contributed by atoms with Gasteiger partial charge >= 0.3 is 5.97 Å². The number of ether oxygens (including phenoxy) is 1. The summed E-state index contributed by atoms with van der Waals surface area (Å²) >= 11 is 0. The first kappa shape index (κ1) is 17.7. The molecule has 1 rings (SSSR count). The average molecular weight is 291 g/mol. The molecule has 0 unspecified atom stereocenters. The molecule has 3 nitrogen and oxygen atoms in total. The summed E-state index contributed by atoms with van der Waals surface area (Å²) in [7, 11) is 0. The van der Waals surface area contributed by atoms with E-state index in [1.54, 1.807) is 0 Å². The molecule has 0 aromatic heterocycles. The normalized spacial score (nSPS) is 13.0. The lowest BCUT2D eigenvalue weighted by molar-refractivity contribution is -0.145. The molecule has 0 saturated carbocycles. The van der Waals surface area contributed by atoms with Crippen molar-refractivity contribution < 1.29 is 9.53 Å². The summed E-state index contributed by atoms with van der Waals surface area (Å²) in [6, 6.07) is 10.9. The predicted octanol–water partition coefficient (Wildman–Crippen LogP) is 3.84. The van der Waals surface area contributed by atoms with Gasteiger partial charge in [0.2, 0.25) is 0 Å². The molecule has 118 valence electrons. The van der Waals surface area contributed by atoms with Gasteiger partial charge in [-0.05, 0) is 53.1 Å². The number of carbonyl (C=O) groups excluding carboxylic acids is 1. The van der Waals surface area contributed by atoms with Crippen molar-refractivity contribution in [3.63, 3.8) is 0 Å². The van der Waals surface area contributed by atoms with Crippen molar-refractivity contribution in [1.29, 1.82) is 0 Å². The minimum Gasteiger partial charge on any atom is -0.466 e. The Morgan fingerprint density at radius 3 is 2.14 bits per heavy atom. The molecule has 0 aliphatic rings. The van der Waals surface area contributed by atoms with E-state index in [1.165, 1.54) is 0 Å². The topological polar surface area (TPSA) is 29.5 Å². The maximum Gasteiger partial charge on any atom is 0.313 e. The van der Waals surface area contributed by atoms with Crippen LogP contribution in [0.15, 0.2) is 30.3 Å². The van der Waals surface area contributed by atoms with Gasteiger partial charge in [-0.3, -0.25) is 9.69 Å². The number of rotatable bonds is 8. The second-order valence-electron chi connectivity index (χ2n) is 5.93. The Hall–Kier alpha value is -1.35. The molecule has 0 saturated heterocycles. The Morgan fingerprint density at radius 1 is 1.10 bits per heavy atom. The third-order valence-corrected chi connectivity index (χ3v) is 3.78. The molecule has 1 aromatic rings. The minimum absolute atomic E-state index is 0.115. The molecule has 0 aliphatic carbocycles. The molecule has 3 heteroatoms. The third kappa shape index (κ3) is 5.50. The molecule has 0 aliphatic heterocycles. The highest BCUT2D eigenvalue weighted by molar-refractivity contribution is 5.78. The smallest absolute Gasteiger partial charge is 0.313 e. The highest BCUT2D eigenvalue weighted by atomic mass is 16.5. The van der Waals surface area contributed by atoms with Crippen molar-refractivity contribution in [2.24, 2.45) is 0 Å². The monoisotopic (exact) mass is 291 g/mol. The van der Waals surface area contributed by atoms with E-state index in [0.717, 1.165) is 18.5 Å². The van der Waals surface area contributed by atoms with Crippen LogP contribution in [0.1, 0.15) is 52.5 Å². The quantitative estimate of drug-likeness (QED) is 0.682. The second-order valence-corrected chi connectivity index (χ2v) is 5.93. The first-order valence-corrected chi connectivity index (χ1v) is 7.94. The van der Waals surface area contributed by atoms with Crippen LogP contribution in [0.2, 0.25) is 0 Å². The molecule has 0 bridgehead atoms. The van der Waals surface area contributed by atoms with Gasteiger partial charge in [-0.15, -0.1) is 0 Å². The van der Waals surface area contributed by atoms with Crippen LogP contribution in [0.4, 0.5) is 0 Å². The molecule has 0 fully saturated rings. The fourth-order valence-electron chi connectivity index (χ4n) is 2.74. The van der Waals surface area contributed by atoms with E-state index < -0.39 is 0 Å². The number of benzene rings is 1. The Morgan fingerprint density at radius 2 is 1.67 bits per heavy atom. The molecular formula is C18H29NO2. The summed E-state index contributed by atoms with van der Waals surface area (Å²) < 4.78 is 5.25. The van der Waals surface area contributed by atoms with Gasteiger partial charge in [0.25, 0.3) is 0 Å². The van der Waals surface area contributed by atoms with Crippen LogP contribution in [0.5, 0.6) is 0 Å². The van der Waals surface area contributed by atoms with Gasteiger partial charge in [-0.2, -0.15) is 0 Å². The molecular weight excluding hydrogens is 262 g/mol. The number of carbonyl (C=O) groups is 1. The van der Waals surface area contributed by atoms with Crippen LogP contribution in [-0.4, -0.2) is 36.1 Å². The van der Waals surface area contributed by atoms with Crippen LogP contribution >= 0.6 is 0 Å². The first-order chi connectivity index (χ1) is 9.97. The molecule has 0 radical (unpaired) electrons. The van der Waals surface area contributed by atoms with Crippen molar-refractivity contribution in [2.45, 2.75) is 59.0 Å². The van der Waals surface area contributed by atoms with Gasteiger partial charge in [-0.1, -0.05) is 30.3 Å². The molecule has 0 amide bonds. The zero-order valence-electron chi connectivity index (χ0n) is 14.0. The van der Waals surface area contributed by atoms with Crippen molar-refractivity contribution >= 4 is 5.97 Å². The average Bonchev–Trinajstić information content (AvgIpc) is 2.43. The lowest BCUT2D eigenvalue weighted by Crippen LogP contribution is -2.38. The number of hydrogen-bond acceptors (Lipinski definition) is 3. The van der Waals surface area contributed by atoms with Gasteiger partial charge < -0.3 is 4.74 Å². The maximum atomic E-state index is 12.3. The van der Waals surface area contributed by atoms with Crippen LogP contribution in [-0.2, 0) is 9.53 Å². The zero-order chi connectivity index (χ0) is 15.8. The number of esters is 1. The molecule has 0 N–H and O–H groups in total. The fraction of sp³-hybridized carbons (Fsp3) is 0.611. The van der Waals surface area contributed by atoms with Crippen LogP contribution in [0.3, 0.4) is 0 Å². The van der Waals surface area contributed by atoms with Gasteiger partial charge in [0, 0.05) is 12.1 Å². The van der Waals surface area contributed by atoms with Gasteiger partial charge in [0.1, 0.15) is 0 Å². The van der Waals surface area contributed by atoms with E-state index in [-0.39, 0.29) is 11.9 Å². The summed E-state index contributed by atoms with van der Waals surface area (Å²) in [4.78, 5) is 14.7. The zero-order valence-corrected chi connectivity index (χ0v) is 14.0. The molecule has 0 heterocycles. The number of nitrogens with zero attached hydrogens (tertiary/aromatic N) is 1. The Balaban J connectivity index is 2.81. The third-order valence-electron chi connectivity index (χ3n) is 3.78. The highest BCUT2D eigenvalue weighted by Gasteiger charge is 2.24. The van der Waals surface area contributed by atoms with Crippen molar-refractivity contribution in [1.82, 2.24) is 4.90 Å². The summed E-state index contributed by atoms with van der Waals surface area (Å²) in [6.07, 6.45) is 0.791. The first-order valence-electron chi connectivity index (χ1n) is 7.94. The molecule has 21 heavy (non-hydrogen) atoms. The van der Waals surface area contributed by atoms with E-state index in [0.29, 0.717) is 18.7 Å². The van der Waals surface area contributed by atoms with Crippen LogP contribution in [0, 0.1) is 0 Å². The minimum atomic E-state index is -0.175. The molecule has 1 atom stereocenters. The Kier molecular flexibility index (Phi) is 7.44. The Bertz CT molecular complexity index is 406. The predicted molar refractivity (Wildman–Crippen MR) is 87.4 cm³/mol. The lowest BCUT2D eigenvalue weighted by atomic mass is 9.95. The van der Waals surface area contributed by atoms with Gasteiger partial charge in [0.15, 0.2) is 0 Å². The summed E-state index contributed by atoms with van der Waals surface area (Å²) in [5.74, 6) is -0.290. The SMILES string of the molecule is CCOC(=O)[C@@H](CCN(C(C)C)C(C)C)c1ccccc1. The largest absolute Gasteiger partial charge is 0.466 e. The fourth-order valence-corrected chi connectivity index (χ4v) is 2.74. The van der Waals surface area contributed by atoms with Crippen molar-refractivity contribution in [3.8, 4) is 0 Å². The number of hydrogen-bond donors (Lipinski definition) is 0. The van der Waals surface area contributed by atoms with E-state index in [4.69, 9.17) is 4.74 Å². The molecule has 0 spiro atoms. The van der Waals surface area contributed by atoms with E-state index >= 15 is 0 Å². The van der Waals surface area contributed by atoms with E-state index in [1.807, 2.05) is 37.3 Å². The summed E-state index contributed by atoms with van der Waals surface area (Å²) in [5.41, 5.74) is 1.04. The second kappa shape index (κ2) is 8.83. The van der Waals surface area contributed by atoms with Gasteiger partial charge in [0.05, 0.1) is 12.5 Å². The Labute approximate surface area is 129 Å². The highest BCUT2D eigenvalue weighted by Crippen LogP contribution is 2.22. The van der Waals surface area contributed by atoms with E-state index in [2.05, 4.69) is 32.6 Å². The van der Waals surface area contributed by atoms with E-state index in [9.17, 15) is 4.79 Å². The van der Waals surface area contributed by atoms with Crippen LogP contribution < -0.4 is 0 Å². The van der Waals surface area contributed by atoms with Crippen molar-refractivity contribution in [2.75, 3.05) is 13.2 Å². The standard InChI is InChI=1S/C18H29NO2/c1-6-21-18(20)17(16-10-8-7-9-11-16)12-13-19(14(2)3)15(4)5/h7-11,14-15,17H,6,12-13H2,1-5H3/t17-/m0/s1. The summed E-state index contributed by atoms with van der Waals surface area (Å²) in [5, 5.41) is 0. The summed E-state index contributed by atoms with van der Waals surface area (Å²) in [6.45, 7) is 12.0.